The lowest BCUT2D eigenvalue weighted by Gasteiger charge is -2.40. The third kappa shape index (κ3) is 2.04. The van der Waals surface area contributed by atoms with Crippen LogP contribution in [0.3, 0.4) is 0 Å². The van der Waals surface area contributed by atoms with Crippen molar-refractivity contribution in [3.63, 3.8) is 0 Å². The minimum Gasteiger partial charge on any atom is -0.216 e. The summed E-state index contributed by atoms with van der Waals surface area (Å²) in [4.78, 5) is 0. The lowest BCUT2D eigenvalue weighted by molar-refractivity contribution is 0.204. The van der Waals surface area contributed by atoms with E-state index in [1.54, 1.807) is 0 Å². The molecule has 2 N–H and O–H groups in total. The average Bonchev–Trinajstić information content (AvgIpc) is 1.51. The largest absolute Gasteiger partial charge is 0.277 e. The fourth-order valence-corrected chi connectivity index (χ4v) is 3.15. The van der Waals surface area contributed by atoms with E-state index >= 15 is 0 Å². The molecule has 0 aromatic heterocycles. The highest BCUT2D eigenvalue weighted by Gasteiger charge is 2.37. The van der Waals surface area contributed by atoms with Gasteiger partial charge in [0.2, 0.25) is 0 Å². The lowest BCUT2D eigenvalue weighted by Crippen LogP contribution is -2.56. The Kier molecular flexibility index (Phi) is 2.78. The van der Waals surface area contributed by atoms with E-state index in [1.165, 1.54) is 4.31 Å². The average molecular weight is 290 g/mol. The van der Waals surface area contributed by atoms with Crippen molar-refractivity contribution in [3.05, 3.63) is 0 Å². The van der Waals surface area contributed by atoms with Crippen LogP contribution in [0.1, 0.15) is 13.3 Å². The predicted octanol–water partition coefficient (Wildman–Crippen LogP) is 0.0877. The van der Waals surface area contributed by atoms with Gasteiger partial charge in [0.05, 0.1) is 0 Å². The van der Waals surface area contributed by atoms with Crippen LogP contribution in [-0.4, -0.2) is 29.2 Å². The van der Waals surface area contributed by atoms with E-state index in [0.717, 1.165) is 6.42 Å². The molecule has 1 aliphatic heterocycles. The second kappa shape index (κ2) is 3.15. The zero-order valence-corrected chi connectivity index (χ0v) is 9.17. The molecule has 66 valence electrons. The quantitative estimate of drug-likeness (QED) is 0.578. The fourth-order valence-electron chi connectivity index (χ4n) is 1.16. The third-order valence-electron chi connectivity index (χ3n) is 1.87. The SMILES string of the molecule is CC(I)C1CCN1S(N)(=O)=O. The summed E-state index contributed by atoms with van der Waals surface area (Å²) in [5.74, 6) is 0. The van der Waals surface area contributed by atoms with Crippen molar-refractivity contribution in [2.45, 2.75) is 23.3 Å². The molecule has 2 unspecified atom stereocenters. The first-order valence-corrected chi connectivity index (χ1v) is 6.11. The molecule has 0 aromatic carbocycles. The molecule has 0 saturated carbocycles. The first kappa shape index (κ1) is 9.69. The number of alkyl halides is 1. The Morgan fingerprint density at radius 3 is 2.36 bits per heavy atom. The number of hydrogen-bond acceptors (Lipinski definition) is 2. The molecule has 6 heteroatoms. The Bertz CT molecular complexity index is 239. The molecule has 0 aromatic rings. The van der Waals surface area contributed by atoms with Gasteiger partial charge in [-0.05, 0) is 6.42 Å². The molecule has 1 fully saturated rings. The van der Waals surface area contributed by atoms with Gasteiger partial charge in [0.15, 0.2) is 0 Å². The number of hydrogen-bond donors (Lipinski definition) is 1. The molecule has 1 heterocycles. The second-order valence-corrected chi connectivity index (χ2v) is 6.15. The van der Waals surface area contributed by atoms with E-state index in [4.69, 9.17) is 5.14 Å². The minimum absolute atomic E-state index is 0.116. The summed E-state index contributed by atoms with van der Waals surface area (Å²) in [5, 5.41) is 4.96. The molecule has 0 radical (unpaired) electrons. The Morgan fingerprint density at radius 2 is 2.27 bits per heavy atom. The van der Waals surface area contributed by atoms with E-state index in [-0.39, 0.29) is 6.04 Å². The third-order valence-corrected chi connectivity index (χ3v) is 3.81. The highest BCUT2D eigenvalue weighted by atomic mass is 127. The van der Waals surface area contributed by atoms with Gasteiger partial charge in [-0.3, -0.25) is 0 Å². The van der Waals surface area contributed by atoms with Gasteiger partial charge in [-0.15, -0.1) is 0 Å². The van der Waals surface area contributed by atoms with Crippen LogP contribution in [0.15, 0.2) is 0 Å². The Hall–Kier alpha value is 0.600. The molecule has 1 aliphatic rings. The molecule has 1 rings (SSSR count). The van der Waals surface area contributed by atoms with Crippen LogP contribution in [0.4, 0.5) is 0 Å². The lowest BCUT2D eigenvalue weighted by atomic mass is 10.1. The van der Waals surface area contributed by atoms with E-state index < -0.39 is 10.2 Å². The summed E-state index contributed by atoms with van der Waals surface area (Å²) >= 11 is 2.21. The highest BCUT2D eigenvalue weighted by molar-refractivity contribution is 14.1. The van der Waals surface area contributed by atoms with Crippen LogP contribution < -0.4 is 5.14 Å². The van der Waals surface area contributed by atoms with Crippen molar-refractivity contribution in [1.82, 2.24) is 4.31 Å². The molecule has 0 amide bonds. The minimum atomic E-state index is -3.43. The maximum Gasteiger partial charge on any atom is 0.277 e. The smallest absolute Gasteiger partial charge is 0.216 e. The normalized spacial score (nSPS) is 29.5. The molecule has 2 atom stereocenters. The van der Waals surface area contributed by atoms with Gasteiger partial charge in [0.1, 0.15) is 0 Å². The zero-order valence-electron chi connectivity index (χ0n) is 6.20. The molecule has 0 aliphatic carbocycles. The van der Waals surface area contributed by atoms with Crippen LogP contribution in [-0.2, 0) is 10.2 Å². The van der Waals surface area contributed by atoms with Crippen LogP contribution >= 0.6 is 22.6 Å². The zero-order chi connectivity index (χ0) is 8.65. The summed E-state index contributed by atoms with van der Waals surface area (Å²) in [6.45, 7) is 2.57. The Balaban J connectivity index is 2.65. The maximum absolute atomic E-state index is 10.8. The van der Waals surface area contributed by atoms with E-state index in [9.17, 15) is 8.42 Å². The molecular formula is C5H11IN2O2S. The van der Waals surface area contributed by atoms with Gasteiger partial charge in [-0.1, -0.05) is 29.5 Å². The van der Waals surface area contributed by atoms with Crippen LogP contribution in [0, 0.1) is 0 Å². The summed E-state index contributed by atoms with van der Waals surface area (Å²) in [6, 6.07) is 0.116. The molecular weight excluding hydrogens is 279 g/mol. The van der Waals surface area contributed by atoms with Gasteiger partial charge in [-0.2, -0.15) is 12.7 Å². The molecule has 0 bridgehead atoms. The van der Waals surface area contributed by atoms with Gasteiger partial charge in [-0.25, -0.2) is 5.14 Å². The summed E-state index contributed by atoms with van der Waals surface area (Å²) in [6.07, 6.45) is 0.931. The summed E-state index contributed by atoms with van der Waals surface area (Å²) in [7, 11) is -3.43. The van der Waals surface area contributed by atoms with Crippen LogP contribution in [0.2, 0.25) is 0 Å². The van der Waals surface area contributed by atoms with Crippen molar-refractivity contribution >= 4 is 32.8 Å². The number of halogens is 1. The standard InChI is InChI=1S/C5H11IN2O2S/c1-4(6)5-2-3-8(5)11(7,9)10/h4-5H,2-3H2,1H3,(H2,7,9,10). The van der Waals surface area contributed by atoms with Crippen molar-refractivity contribution in [1.29, 1.82) is 0 Å². The number of nitrogens with two attached hydrogens (primary N) is 1. The van der Waals surface area contributed by atoms with Gasteiger partial charge >= 0.3 is 0 Å². The molecule has 11 heavy (non-hydrogen) atoms. The van der Waals surface area contributed by atoms with E-state index in [2.05, 4.69) is 22.6 Å². The first-order chi connectivity index (χ1) is 4.93. The van der Waals surface area contributed by atoms with Gasteiger partial charge in [0.25, 0.3) is 10.2 Å². The highest BCUT2D eigenvalue weighted by Crippen LogP contribution is 2.26. The second-order valence-electron chi connectivity index (χ2n) is 2.69. The van der Waals surface area contributed by atoms with Crippen LogP contribution in [0.5, 0.6) is 0 Å². The van der Waals surface area contributed by atoms with Gasteiger partial charge < -0.3 is 0 Å². The summed E-state index contributed by atoms with van der Waals surface area (Å²) in [5.41, 5.74) is 0. The molecule has 1 saturated heterocycles. The number of nitrogens with zero attached hydrogens (tertiary/aromatic N) is 1. The van der Waals surface area contributed by atoms with E-state index in [1.807, 2.05) is 6.92 Å². The van der Waals surface area contributed by atoms with Crippen molar-refractivity contribution in [2.75, 3.05) is 6.54 Å². The first-order valence-electron chi connectivity index (χ1n) is 3.36. The maximum atomic E-state index is 10.8. The van der Waals surface area contributed by atoms with E-state index in [0.29, 0.717) is 10.5 Å². The fraction of sp³-hybridized carbons (Fsp3) is 1.00. The van der Waals surface area contributed by atoms with Crippen molar-refractivity contribution in [3.8, 4) is 0 Å². The topological polar surface area (TPSA) is 63.4 Å². The Morgan fingerprint density at radius 1 is 1.73 bits per heavy atom. The van der Waals surface area contributed by atoms with Crippen molar-refractivity contribution in [2.24, 2.45) is 5.14 Å². The molecule has 0 spiro atoms. The predicted molar refractivity (Wildman–Crippen MR) is 51.7 cm³/mol. The number of rotatable bonds is 2. The van der Waals surface area contributed by atoms with Gasteiger partial charge in [0, 0.05) is 16.5 Å². The Labute approximate surface area is 80.5 Å². The summed E-state index contributed by atoms with van der Waals surface area (Å²) < 4.78 is 23.3. The van der Waals surface area contributed by atoms with Crippen LogP contribution in [0.25, 0.3) is 0 Å². The molecule has 4 nitrogen and oxygen atoms in total. The monoisotopic (exact) mass is 290 g/mol. The van der Waals surface area contributed by atoms with Crippen molar-refractivity contribution < 1.29 is 8.42 Å².